The summed E-state index contributed by atoms with van der Waals surface area (Å²) in [5.41, 5.74) is 2.89. The Kier molecular flexibility index (Phi) is 7.26. The number of para-hydroxylation sites is 1. The van der Waals surface area contributed by atoms with E-state index >= 15 is 0 Å². The van der Waals surface area contributed by atoms with Crippen LogP contribution in [0.4, 0.5) is 5.69 Å². The quantitative estimate of drug-likeness (QED) is 0.169. The minimum atomic E-state index is -3.80. The molecular formula is C26H26BrClN2O3S. The molecule has 1 heterocycles. The number of halogens is 2. The van der Waals surface area contributed by atoms with Crippen LogP contribution in [0.15, 0.2) is 77.8 Å². The summed E-state index contributed by atoms with van der Waals surface area (Å²) < 4.78 is 34.8. The molecule has 0 bridgehead atoms. The van der Waals surface area contributed by atoms with Crippen LogP contribution in [-0.2, 0) is 15.4 Å². The highest BCUT2D eigenvalue weighted by molar-refractivity contribution is 9.09. The number of fused-ring (bicyclic) bond motifs is 1. The van der Waals surface area contributed by atoms with Crippen molar-refractivity contribution in [3.63, 3.8) is 0 Å². The lowest BCUT2D eigenvalue weighted by Gasteiger charge is -2.28. The van der Waals surface area contributed by atoms with Crippen molar-refractivity contribution in [3.05, 3.63) is 89.1 Å². The number of benzene rings is 3. The molecule has 5 nitrogen and oxygen atoms in total. The molecular weight excluding hydrogens is 536 g/mol. The van der Waals surface area contributed by atoms with Gasteiger partial charge < -0.3 is 9.72 Å². The number of hydrogen-bond donors (Lipinski definition) is 2. The molecule has 0 aliphatic rings. The number of alkyl halides is 1. The van der Waals surface area contributed by atoms with Gasteiger partial charge in [-0.1, -0.05) is 59.6 Å². The van der Waals surface area contributed by atoms with E-state index in [1.165, 1.54) is 0 Å². The van der Waals surface area contributed by atoms with Gasteiger partial charge >= 0.3 is 0 Å². The summed E-state index contributed by atoms with van der Waals surface area (Å²) in [5, 5.41) is 2.51. The number of hydrogen-bond acceptors (Lipinski definition) is 3. The Bertz CT molecular complexity index is 1400. The molecule has 34 heavy (non-hydrogen) atoms. The van der Waals surface area contributed by atoms with Gasteiger partial charge in [-0.05, 0) is 66.1 Å². The molecule has 0 spiro atoms. The van der Waals surface area contributed by atoms with E-state index in [4.69, 9.17) is 16.3 Å². The summed E-state index contributed by atoms with van der Waals surface area (Å²) in [7, 11) is -3.80. The molecule has 178 valence electrons. The molecule has 0 fully saturated rings. The van der Waals surface area contributed by atoms with Crippen LogP contribution in [0, 0.1) is 0 Å². The topological polar surface area (TPSA) is 71.2 Å². The summed E-state index contributed by atoms with van der Waals surface area (Å²) in [4.78, 5) is 3.47. The summed E-state index contributed by atoms with van der Waals surface area (Å²) >= 11 is 9.62. The second-order valence-electron chi connectivity index (χ2n) is 8.53. The standard InChI is InChI=1S/C26H26BrClN2O3S/c1-26(2,23-17-29-24-13-8-18(28)16-21(23)24)22-6-3-4-7-25(22)30-34(31,32)20-11-9-19(10-12-20)33-15-5-14-27/h3-4,6-13,16-17,29-30H,5,14-15H2,1-2H3. The fraction of sp³-hybridized carbons (Fsp3) is 0.231. The minimum absolute atomic E-state index is 0.173. The zero-order valence-electron chi connectivity index (χ0n) is 18.9. The van der Waals surface area contributed by atoms with Crippen LogP contribution in [0.5, 0.6) is 5.75 Å². The second-order valence-corrected chi connectivity index (χ2v) is 11.4. The summed E-state index contributed by atoms with van der Waals surface area (Å²) in [6, 6.07) is 19.6. The number of nitrogens with one attached hydrogen (secondary N) is 2. The Balaban J connectivity index is 1.65. The largest absolute Gasteiger partial charge is 0.494 e. The third-order valence-electron chi connectivity index (χ3n) is 5.84. The highest BCUT2D eigenvalue weighted by Gasteiger charge is 2.30. The maximum Gasteiger partial charge on any atom is 0.261 e. The Morgan fingerprint density at radius 3 is 2.50 bits per heavy atom. The van der Waals surface area contributed by atoms with E-state index in [1.54, 1.807) is 30.3 Å². The van der Waals surface area contributed by atoms with Gasteiger partial charge in [-0.25, -0.2) is 8.42 Å². The van der Waals surface area contributed by atoms with Crippen molar-refractivity contribution >= 4 is 54.1 Å². The summed E-state index contributed by atoms with van der Waals surface area (Å²) in [5.74, 6) is 0.638. The number of aromatic amines is 1. The van der Waals surface area contributed by atoms with E-state index in [2.05, 4.69) is 39.5 Å². The first kappa shape index (κ1) is 24.6. The third-order valence-corrected chi connectivity index (χ3v) is 8.02. The van der Waals surface area contributed by atoms with Crippen molar-refractivity contribution in [1.82, 2.24) is 4.98 Å². The Labute approximate surface area is 213 Å². The molecule has 3 aromatic carbocycles. The highest BCUT2D eigenvalue weighted by atomic mass is 79.9. The molecule has 0 saturated carbocycles. The van der Waals surface area contributed by atoms with E-state index in [0.29, 0.717) is 23.1 Å². The van der Waals surface area contributed by atoms with Crippen LogP contribution in [0.25, 0.3) is 10.9 Å². The van der Waals surface area contributed by atoms with Crippen LogP contribution in [0.1, 0.15) is 31.4 Å². The van der Waals surface area contributed by atoms with Gasteiger partial charge in [-0.3, -0.25) is 4.72 Å². The molecule has 4 aromatic rings. The van der Waals surface area contributed by atoms with E-state index in [1.807, 2.05) is 42.6 Å². The molecule has 4 rings (SSSR count). The van der Waals surface area contributed by atoms with Crippen molar-refractivity contribution in [2.45, 2.75) is 30.6 Å². The fourth-order valence-corrected chi connectivity index (χ4v) is 5.52. The molecule has 0 atom stereocenters. The molecule has 0 radical (unpaired) electrons. The van der Waals surface area contributed by atoms with E-state index in [-0.39, 0.29) is 4.90 Å². The lowest BCUT2D eigenvalue weighted by molar-refractivity contribution is 0.319. The van der Waals surface area contributed by atoms with Gasteiger partial charge in [0.05, 0.1) is 17.2 Å². The van der Waals surface area contributed by atoms with Crippen LogP contribution in [0.2, 0.25) is 5.02 Å². The van der Waals surface area contributed by atoms with Crippen LogP contribution < -0.4 is 9.46 Å². The molecule has 2 N–H and O–H groups in total. The van der Waals surface area contributed by atoms with E-state index in [9.17, 15) is 8.42 Å². The Morgan fingerprint density at radius 1 is 1.03 bits per heavy atom. The zero-order valence-corrected chi connectivity index (χ0v) is 22.1. The number of ether oxygens (including phenoxy) is 1. The van der Waals surface area contributed by atoms with Gasteiger partial charge in [0.1, 0.15) is 5.75 Å². The average molecular weight is 562 g/mol. The molecule has 8 heteroatoms. The molecule has 0 aliphatic carbocycles. The monoisotopic (exact) mass is 560 g/mol. The maximum atomic E-state index is 13.2. The smallest absolute Gasteiger partial charge is 0.261 e. The Hall–Kier alpha value is -2.48. The lowest BCUT2D eigenvalue weighted by Crippen LogP contribution is -2.22. The number of anilines is 1. The van der Waals surface area contributed by atoms with Gasteiger partial charge in [-0.2, -0.15) is 0 Å². The second kappa shape index (κ2) is 10.0. The third kappa shape index (κ3) is 5.11. The molecule has 0 amide bonds. The van der Waals surface area contributed by atoms with Gasteiger partial charge in [-0.15, -0.1) is 0 Å². The first-order chi connectivity index (χ1) is 16.2. The summed E-state index contributed by atoms with van der Waals surface area (Å²) in [6.07, 6.45) is 2.83. The normalized spacial score (nSPS) is 12.1. The molecule has 1 aromatic heterocycles. The maximum absolute atomic E-state index is 13.2. The van der Waals surface area contributed by atoms with Crippen LogP contribution in [0.3, 0.4) is 0 Å². The highest BCUT2D eigenvalue weighted by Crippen LogP contribution is 2.40. The predicted octanol–water partition coefficient (Wildman–Crippen LogP) is 7.11. The predicted molar refractivity (Wildman–Crippen MR) is 143 cm³/mol. The first-order valence-electron chi connectivity index (χ1n) is 10.9. The van der Waals surface area contributed by atoms with Crippen molar-refractivity contribution in [2.75, 3.05) is 16.7 Å². The van der Waals surface area contributed by atoms with E-state index < -0.39 is 15.4 Å². The lowest BCUT2D eigenvalue weighted by atomic mass is 9.77. The van der Waals surface area contributed by atoms with Gasteiger partial charge in [0.15, 0.2) is 0 Å². The average Bonchev–Trinajstić information content (AvgIpc) is 3.23. The van der Waals surface area contributed by atoms with Crippen molar-refractivity contribution in [3.8, 4) is 5.75 Å². The van der Waals surface area contributed by atoms with E-state index in [0.717, 1.165) is 33.8 Å². The number of sulfonamides is 1. The number of rotatable bonds is 9. The zero-order chi connectivity index (χ0) is 24.3. The van der Waals surface area contributed by atoms with Gasteiger partial charge in [0.25, 0.3) is 10.0 Å². The van der Waals surface area contributed by atoms with Gasteiger partial charge in [0, 0.05) is 32.9 Å². The molecule has 0 saturated heterocycles. The van der Waals surface area contributed by atoms with Crippen LogP contribution >= 0.6 is 27.5 Å². The SMILES string of the molecule is CC(C)(c1ccccc1NS(=O)(=O)c1ccc(OCCCBr)cc1)c1c[nH]c2ccc(Cl)cc12. The molecule has 0 aliphatic heterocycles. The van der Waals surface area contributed by atoms with Crippen molar-refractivity contribution in [2.24, 2.45) is 0 Å². The summed E-state index contributed by atoms with van der Waals surface area (Å²) in [6.45, 7) is 4.71. The minimum Gasteiger partial charge on any atom is -0.494 e. The van der Waals surface area contributed by atoms with Crippen LogP contribution in [-0.4, -0.2) is 25.3 Å². The van der Waals surface area contributed by atoms with Gasteiger partial charge in [0.2, 0.25) is 0 Å². The number of H-pyrrole nitrogens is 1. The van der Waals surface area contributed by atoms with Crippen molar-refractivity contribution in [1.29, 1.82) is 0 Å². The molecule has 0 unspecified atom stereocenters. The van der Waals surface area contributed by atoms with Crippen molar-refractivity contribution < 1.29 is 13.2 Å². The number of aromatic nitrogens is 1. The first-order valence-corrected chi connectivity index (χ1v) is 13.9. The fourth-order valence-electron chi connectivity index (χ4n) is 4.04. The Morgan fingerprint density at radius 2 is 1.76 bits per heavy atom.